The average Bonchev–Trinajstić information content (AvgIpc) is 3.14. The fraction of sp³-hybridized carbons (Fsp3) is 0.357. The lowest BCUT2D eigenvalue weighted by Gasteiger charge is -2.06. The molecule has 1 aliphatic heterocycles. The van der Waals surface area contributed by atoms with Gasteiger partial charge >= 0.3 is 0 Å². The Labute approximate surface area is 130 Å². The van der Waals surface area contributed by atoms with Gasteiger partial charge in [0, 0.05) is 18.6 Å². The minimum atomic E-state index is -0.628. The summed E-state index contributed by atoms with van der Waals surface area (Å²) in [5.74, 6) is 0.124. The largest absolute Gasteiger partial charge is 0.391 e. The van der Waals surface area contributed by atoms with E-state index < -0.39 is 11.6 Å². The SMILES string of the molecule is CCc1nc(SC[C@@H]2CC(c3c(F)cccc3F)=NO2)n[nH]1. The molecule has 0 spiro atoms. The van der Waals surface area contributed by atoms with Crippen LogP contribution in [0.1, 0.15) is 24.7 Å². The molecule has 2 heterocycles. The normalized spacial score (nSPS) is 17.4. The van der Waals surface area contributed by atoms with E-state index in [1.807, 2.05) is 6.92 Å². The Morgan fingerprint density at radius 3 is 2.82 bits per heavy atom. The van der Waals surface area contributed by atoms with Crippen LogP contribution in [0.5, 0.6) is 0 Å². The highest BCUT2D eigenvalue weighted by Gasteiger charge is 2.26. The molecule has 2 aromatic rings. The van der Waals surface area contributed by atoms with Crippen LogP contribution in [-0.2, 0) is 11.3 Å². The topological polar surface area (TPSA) is 63.2 Å². The summed E-state index contributed by atoms with van der Waals surface area (Å²) in [4.78, 5) is 9.53. The Kier molecular flexibility index (Phi) is 4.37. The molecule has 0 unspecified atom stereocenters. The third kappa shape index (κ3) is 3.11. The number of rotatable bonds is 5. The maximum absolute atomic E-state index is 13.7. The van der Waals surface area contributed by atoms with Gasteiger partial charge in [0.05, 0.1) is 11.3 Å². The lowest BCUT2D eigenvalue weighted by atomic mass is 10.0. The van der Waals surface area contributed by atoms with Gasteiger partial charge in [0.15, 0.2) is 0 Å². The van der Waals surface area contributed by atoms with Crippen LogP contribution in [0.15, 0.2) is 28.5 Å². The molecular weight excluding hydrogens is 310 g/mol. The van der Waals surface area contributed by atoms with Crippen molar-refractivity contribution in [2.75, 3.05) is 5.75 Å². The van der Waals surface area contributed by atoms with Gasteiger partial charge in [-0.25, -0.2) is 13.8 Å². The van der Waals surface area contributed by atoms with E-state index in [0.717, 1.165) is 12.2 Å². The van der Waals surface area contributed by atoms with Crippen LogP contribution in [0, 0.1) is 11.6 Å². The molecule has 0 saturated heterocycles. The molecule has 0 fully saturated rings. The number of thioether (sulfide) groups is 1. The second kappa shape index (κ2) is 6.43. The number of benzene rings is 1. The van der Waals surface area contributed by atoms with Crippen molar-refractivity contribution in [1.29, 1.82) is 0 Å². The van der Waals surface area contributed by atoms with E-state index in [4.69, 9.17) is 4.84 Å². The number of aromatic amines is 1. The van der Waals surface area contributed by atoms with Gasteiger partial charge in [-0.3, -0.25) is 5.10 Å². The van der Waals surface area contributed by atoms with E-state index in [2.05, 4.69) is 20.3 Å². The monoisotopic (exact) mass is 324 g/mol. The first kappa shape index (κ1) is 15.0. The van der Waals surface area contributed by atoms with Crippen molar-refractivity contribution in [3.05, 3.63) is 41.2 Å². The highest BCUT2D eigenvalue weighted by Crippen LogP contribution is 2.25. The molecule has 1 aliphatic rings. The van der Waals surface area contributed by atoms with Crippen molar-refractivity contribution in [2.24, 2.45) is 5.16 Å². The predicted octanol–water partition coefficient (Wildman–Crippen LogP) is 2.93. The summed E-state index contributed by atoms with van der Waals surface area (Å²) in [6, 6.07) is 3.75. The molecule has 0 saturated carbocycles. The zero-order valence-corrected chi connectivity index (χ0v) is 12.7. The maximum atomic E-state index is 13.7. The van der Waals surface area contributed by atoms with Gasteiger partial charge < -0.3 is 4.84 Å². The van der Waals surface area contributed by atoms with Crippen molar-refractivity contribution >= 4 is 17.5 Å². The lowest BCUT2D eigenvalue weighted by Crippen LogP contribution is -2.13. The summed E-state index contributed by atoms with van der Waals surface area (Å²) in [7, 11) is 0. The highest BCUT2D eigenvalue weighted by atomic mass is 32.2. The van der Waals surface area contributed by atoms with Crippen molar-refractivity contribution < 1.29 is 13.6 Å². The molecule has 22 heavy (non-hydrogen) atoms. The average molecular weight is 324 g/mol. The first-order chi connectivity index (χ1) is 10.7. The number of halogens is 2. The van der Waals surface area contributed by atoms with Crippen molar-refractivity contribution in [1.82, 2.24) is 15.2 Å². The second-order valence-electron chi connectivity index (χ2n) is 4.80. The Morgan fingerprint density at radius 2 is 2.14 bits per heavy atom. The van der Waals surface area contributed by atoms with Gasteiger partial charge in [-0.05, 0) is 12.1 Å². The quantitative estimate of drug-likeness (QED) is 0.859. The van der Waals surface area contributed by atoms with Crippen LogP contribution >= 0.6 is 11.8 Å². The number of aryl methyl sites for hydroxylation is 1. The fourth-order valence-corrected chi connectivity index (χ4v) is 2.91. The molecule has 0 bridgehead atoms. The standard InChI is InChI=1S/C14H14F2N4OS/c1-2-12-17-14(19-18-12)22-7-8-6-11(20-21-8)13-9(15)4-3-5-10(13)16/h3-5,8H,2,6-7H2,1H3,(H,17,18,19)/t8-/m0/s1. The van der Waals surface area contributed by atoms with E-state index in [0.29, 0.717) is 23.0 Å². The zero-order valence-electron chi connectivity index (χ0n) is 11.8. The Morgan fingerprint density at radius 1 is 1.36 bits per heavy atom. The molecule has 1 N–H and O–H groups in total. The van der Waals surface area contributed by atoms with E-state index >= 15 is 0 Å². The molecule has 1 atom stereocenters. The molecule has 0 radical (unpaired) electrons. The molecule has 1 aromatic heterocycles. The van der Waals surface area contributed by atoms with Gasteiger partial charge in [-0.15, -0.1) is 5.10 Å². The molecule has 0 aliphatic carbocycles. The molecule has 1 aromatic carbocycles. The fourth-order valence-electron chi connectivity index (χ4n) is 2.11. The van der Waals surface area contributed by atoms with E-state index in [1.165, 1.54) is 30.0 Å². The summed E-state index contributed by atoms with van der Waals surface area (Å²) in [5.41, 5.74) is 0.187. The van der Waals surface area contributed by atoms with Gasteiger partial charge in [-0.2, -0.15) is 0 Å². The van der Waals surface area contributed by atoms with Crippen LogP contribution in [0.4, 0.5) is 8.78 Å². The maximum Gasteiger partial charge on any atom is 0.208 e. The number of aromatic nitrogens is 3. The predicted molar refractivity (Wildman–Crippen MR) is 78.9 cm³/mol. The first-order valence-corrected chi connectivity index (χ1v) is 7.87. The van der Waals surface area contributed by atoms with E-state index in [-0.39, 0.29) is 11.7 Å². The Hall–Kier alpha value is -1.96. The van der Waals surface area contributed by atoms with Gasteiger partial charge in [0.1, 0.15) is 23.6 Å². The minimum Gasteiger partial charge on any atom is -0.391 e. The van der Waals surface area contributed by atoms with Gasteiger partial charge in [-0.1, -0.05) is 29.9 Å². The molecule has 3 rings (SSSR count). The smallest absolute Gasteiger partial charge is 0.208 e. The lowest BCUT2D eigenvalue weighted by molar-refractivity contribution is 0.103. The summed E-state index contributed by atoms with van der Waals surface area (Å²) >= 11 is 1.42. The zero-order chi connectivity index (χ0) is 15.5. The number of nitrogens with one attached hydrogen (secondary N) is 1. The van der Waals surface area contributed by atoms with Crippen LogP contribution in [-0.4, -0.2) is 32.7 Å². The highest BCUT2D eigenvalue weighted by molar-refractivity contribution is 7.99. The number of hydrogen-bond donors (Lipinski definition) is 1. The van der Waals surface area contributed by atoms with Crippen LogP contribution in [0.2, 0.25) is 0 Å². The molecule has 116 valence electrons. The molecule has 5 nitrogen and oxygen atoms in total. The van der Waals surface area contributed by atoms with Gasteiger partial charge in [0.25, 0.3) is 0 Å². The van der Waals surface area contributed by atoms with Crippen molar-refractivity contribution in [2.45, 2.75) is 31.0 Å². The first-order valence-electron chi connectivity index (χ1n) is 6.88. The third-order valence-corrected chi connectivity index (χ3v) is 4.21. The van der Waals surface area contributed by atoms with E-state index in [1.54, 1.807) is 0 Å². The van der Waals surface area contributed by atoms with E-state index in [9.17, 15) is 8.78 Å². The molecule has 8 heteroatoms. The molecular formula is C14H14F2N4OS. The second-order valence-corrected chi connectivity index (χ2v) is 5.78. The number of oxime groups is 1. The summed E-state index contributed by atoms with van der Waals surface area (Å²) < 4.78 is 27.4. The number of H-pyrrole nitrogens is 1. The Bertz CT molecular complexity index is 684. The summed E-state index contributed by atoms with van der Waals surface area (Å²) in [6.45, 7) is 1.98. The van der Waals surface area contributed by atoms with Crippen LogP contribution in [0.3, 0.4) is 0 Å². The van der Waals surface area contributed by atoms with Crippen LogP contribution in [0.25, 0.3) is 0 Å². The summed E-state index contributed by atoms with van der Waals surface area (Å²) in [5, 5.41) is 11.3. The number of hydrogen-bond acceptors (Lipinski definition) is 5. The van der Waals surface area contributed by atoms with Crippen molar-refractivity contribution in [3.63, 3.8) is 0 Å². The number of nitrogens with zero attached hydrogens (tertiary/aromatic N) is 3. The molecule has 0 amide bonds. The summed E-state index contributed by atoms with van der Waals surface area (Å²) in [6.07, 6.45) is 0.894. The van der Waals surface area contributed by atoms with Gasteiger partial charge in [0.2, 0.25) is 5.16 Å². The van der Waals surface area contributed by atoms with Crippen molar-refractivity contribution in [3.8, 4) is 0 Å². The van der Waals surface area contributed by atoms with Crippen LogP contribution < -0.4 is 0 Å². The third-order valence-electron chi connectivity index (χ3n) is 3.23. The minimum absolute atomic E-state index is 0.110. The Balaban J connectivity index is 1.60.